The quantitative estimate of drug-likeness (QED) is 0.829. The van der Waals surface area contributed by atoms with Crippen molar-refractivity contribution in [3.8, 4) is 0 Å². The largest absolute Gasteiger partial charge is 0.372 e. The monoisotopic (exact) mass is 369 g/mol. The number of hydrogen-bond acceptors (Lipinski definition) is 4. The predicted octanol–water partition coefficient (Wildman–Crippen LogP) is 2.79. The van der Waals surface area contributed by atoms with Crippen LogP contribution >= 0.6 is 0 Å². The first kappa shape index (κ1) is 18.0. The van der Waals surface area contributed by atoms with Gasteiger partial charge in [-0.25, -0.2) is 0 Å². The minimum Gasteiger partial charge on any atom is -0.372 e. The summed E-state index contributed by atoms with van der Waals surface area (Å²) >= 11 is 0. The van der Waals surface area contributed by atoms with Gasteiger partial charge in [-0.3, -0.25) is 19.3 Å². The Kier molecular flexibility index (Phi) is 5.14. The fraction of sp³-hybridized carbons (Fsp3) is 0.571. The molecule has 1 aliphatic carbocycles. The van der Waals surface area contributed by atoms with Crippen LogP contribution in [0.4, 0.5) is 11.4 Å². The van der Waals surface area contributed by atoms with E-state index in [-0.39, 0.29) is 36.1 Å². The Balaban J connectivity index is 1.35. The lowest BCUT2D eigenvalue weighted by atomic mass is 9.81. The van der Waals surface area contributed by atoms with E-state index >= 15 is 0 Å². The molecular weight excluding hydrogens is 342 g/mol. The topological polar surface area (TPSA) is 69.7 Å². The third kappa shape index (κ3) is 3.70. The number of hydrogen-bond donors (Lipinski definition) is 1. The number of imide groups is 1. The highest BCUT2D eigenvalue weighted by Gasteiger charge is 2.48. The van der Waals surface area contributed by atoms with Crippen LogP contribution in [-0.2, 0) is 14.4 Å². The number of likely N-dealkylation sites (tertiary alicyclic amines) is 1. The van der Waals surface area contributed by atoms with Crippen LogP contribution in [0.3, 0.4) is 0 Å². The molecule has 144 valence electrons. The normalized spacial score (nSPS) is 25.5. The van der Waals surface area contributed by atoms with Gasteiger partial charge in [0, 0.05) is 24.5 Å². The molecule has 1 aromatic rings. The third-order valence-electron chi connectivity index (χ3n) is 6.11. The predicted molar refractivity (Wildman–Crippen MR) is 103 cm³/mol. The number of rotatable bonds is 4. The van der Waals surface area contributed by atoms with Crippen LogP contribution in [0.1, 0.15) is 44.9 Å². The van der Waals surface area contributed by atoms with E-state index in [1.807, 2.05) is 24.3 Å². The van der Waals surface area contributed by atoms with E-state index in [1.54, 1.807) is 0 Å². The number of carbonyl (C=O) groups excluding carboxylic acids is 3. The first-order valence-corrected chi connectivity index (χ1v) is 10.1. The Morgan fingerprint density at radius 1 is 0.889 bits per heavy atom. The van der Waals surface area contributed by atoms with Crippen molar-refractivity contribution in [2.75, 3.05) is 29.9 Å². The highest BCUT2D eigenvalue weighted by atomic mass is 16.2. The van der Waals surface area contributed by atoms with Crippen molar-refractivity contribution in [3.05, 3.63) is 24.3 Å². The smallest absolute Gasteiger partial charge is 0.244 e. The van der Waals surface area contributed by atoms with Gasteiger partial charge in [-0.2, -0.15) is 0 Å². The van der Waals surface area contributed by atoms with Crippen molar-refractivity contribution in [3.63, 3.8) is 0 Å². The van der Waals surface area contributed by atoms with Crippen LogP contribution in [0.2, 0.25) is 0 Å². The number of nitrogens with one attached hydrogen (secondary N) is 1. The average molecular weight is 369 g/mol. The summed E-state index contributed by atoms with van der Waals surface area (Å²) in [6.45, 7) is 1.97. The molecule has 1 N–H and O–H groups in total. The summed E-state index contributed by atoms with van der Waals surface area (Å²) < 4.78 is 0. The summed E-state index contributed by atoms with van der Waals surface area (Å²) in [6, 6.07) is 7.80. The third-order valence-corrected chi connectivity index (χ3v) is 6.11. The molecular formula is C21H27N3O3. The molecule has 2 saturated heterocycles. The average Bonchev–Trinajstić information content (AvgIpc) is 2.94. The Hall–Kier alpha value is -2.37. The van der Waals surface area contributed by atoms with Gasteiger partial charge >= 0.3 is 0 Å². The van der Waals surface area contributed by atoms with Crippen LogP contribution < -0.4 is 10.2 Å². The summed E-state index contributed by atoms with van der Waals surface area (Å²) in [5.41, 5.74) is 1.86. The number of piperidine rings is 1. The van der Waals surface area contributed by atoms with E-state index in [0.29, 0.717) is 5.69 Å². The number of anilines is 2. The van der Waals surface area contributed by atoms with Gasteiger partial charge in [0.25, 0.3) is 0 Å². The molecule has 3 amide bonds. The molecule has 1 saturated carbocycles. The first-order valence-electron chi connectivity index (χ1n) is 10.1. The number of carbonyl (C=O) groups is 3. The maximum Gasteiger partial charge on any atom is 0.244 e. The second kappa shape index (κ2) is 7.71. The lowest BCUT2D eigenvalue weighted by molar-refractivity contribution is -0.142. The zero-order valence-corrected chi connectivity index (χ0v) is 15.7. The van der Waals surface area contributed by atoms with Crippen molar-refractivity contribution in [1.29, 1.82) is 0 Å². The summed E-state index contributed by atoms with van der Waals surface area (Å²) in [4.78, 5) is 40.9. The summed E-state index contributed by atoms with van der Waals surface area (Å²) in [6.07, 6.45) is 7.25. The summed E-state index contributed by atoms with van der Waals surface area (Å²) in [7, 11) is 0. The van der Waals surface area contributed by atoms with Crippen LogP contribution in [0, 0.1) is 11.8 Å². The molecule has 0 radical (unpaired) electrons. The van der Waals surface area contributed by atoms with E-state index in [4.69, 9.17) is 0 Å². The van der Waals surface area contributed by atoms with Crippen molar-refractivity contribution in [1.82, 2.24) is 4.90 Å². The molecule has 6 heteroatoms. The fourth-order valence-corrected chi connectivity index (χ4v) is 4.64. The molecule has 0 aromatic heterocycles. The molecule has 6 nitrogen and oxygen atoms in total. The fourth-order valence-electron chi connectivity index (χ4n) is 4.64. The van der Waals surface area contributed by atoms with Gasteiger partial charge in [0.2, 0.25) is 17.7 Å². The van der Waals surface area contributed by atoms with E-state index in [0.717, 1.165) is 43.7 Å². The van der Waals surface area contributed by atoms with Crippen LogP contribution in [0.5, 0.6) is 0 Å². The van der Waals surface area contributed by atoms with Gasteiger partial charge < -0.3 is 10.2 Å². The molecule has 2 aliphatic heterocycles. The van der Waals surface area contributed by atoms with Gasteiger partial charge in [-0.15, -0.1) is 0 Å². The number of nitrogens with zero attached hydrogens (tertiary/aromatic N) is 2. The SMILES string of the molecule is O=C(CN1C(=O)C2CCCCC2C1=O)Nc1ccc(N2CCCCC2)cc1. The molecule has 27 heavy (non-hydrogen) atoms. The van der Waals surface area contributed by atoms with Crippen molar-refractivity contribution >= 4 is 29.1 Å². The zero-order valence-electron chi connectivity index (χ0n) is 15.7. The summed E-state index contributed by atoms with van der Waals surface area (Å²) in [5, 5.41) is 2.82. The lowest BCUT2D eigenvalue weighted by Crippen LogP contribution is -2.38. The molecule has 4 rings (SSSR count). The first-order chi connectivity index (χ1) is 13.1. The Bertz CT molecular complexity index is 701. The van der Waals surface area contributed by atoms with Gasteiger partial charge in [0.05, 0.1) is 11.8 Å². The van der Waals surface area contributed by atoms with Gasteiger partial charge in [0.15, 0.2) is 0 Å². The second-order valence-corrected chi connectivity index (χ2v) is 7.90. The zero-order chi connectivity index (χ0) is 18.8. The molecule has 2 atom stereocenters. The standard InChI is InChI=1S/C21H27N3O3/c25-19(14-24-20(26)17-6-2-3-7-18(17)21(24)27)22-15-8-10-16(11-9-15)23-12-4-1-5-13-23/h8-11,17-18H,1-7,12-14H2,(H,22,25). The minimum atomic E-state index is -0.318. The Morgan fingerprint density at radius 2 is 1.48 bits per heavy atom. The number of amides is 3. The van der Waals surface area contributed by atoms with Crippen molar-refractivity contribution in [2.24, 2.45) is 11.8 Å². The summed E-state index contributed by atoms with van der Waals surface area (Å²) in [5.74, 6) is -1.06. The van der Waals surface area contributed by atoms with E-state index in [2.05, 4.69) is 10.2 Å². The van der Waals surface area contributed by atoms with Gasteiger partial charge in [-0.1, -0.05) is 12.8 Å². The van der Waals surface area contributed by atoms with Crippen LogP contribution in [0.15, 0.2) is 24.3 Å². The maximum absolute atomic E-state index is 12.5. The molecule has 2 unspecified atom stereocenters. The Labute approximate surface area is 159 Å². The molecule has 0 bridgehead atoms. The van der Waals surface area contributed by atoms with E-state index < -0.39 is 0 Å². The highest BCUT2D eigenvalue weighted by molar-refractivity contribution is 6.08. The van der Waals surface area contributed by atoms with Crippen LogP contribution in [0.25, 0.3) is 0 Å². The van der Waals surface area contributed by atoms with Crippen molar-refractivity contribution < 1.29 is 14.4 Å². The van der Waals surface area contributed by atoms with Crippen LogP contribution in [-0.4, -0.2) is 42.3 Å². The Morgan fingerprint density at radius 3 is 2.07 bits per heavy atom. The van der Waals surface area contributed by atoms with Gasteiger partial charge in [0.1, 0.15) is 6.54 Å². The minimum absolute atomic E-state index is 0.166. The molecule has 2 heterocycles. The van der Waals surface area contributed by atoms with E-state index in [9.17, 15) is 14.4 Å². The molecule has 0 spiro atoms. The number of fused-ring (bicyclic) bond motifs is 1. The molecule has 1 aromatic carbocycles. The highest BCUT2D eigenvalue weighted by Crippen LogP contribution is 2.37. The van der Waals surface area contributed by atoms with E-state index in [1.165, 1.54) is 24.9 Å². The molecule has 3 fully saturated rings. The number of benzene rings is 1. The maximum atomic E-state index is 12.5. The molecule has 3 aliphatic rings. The second-order valence-electron chi connectivity index (χ2n) is 7.90. The van der Waals surface area contributed by atoms with Crippen molar-refractivity contribution in [2.45, 2.75) is 44.9 Å². The van der Waals surface area contributed by atoms with Gasteiger partial charge in [-0.05, 0) is 56.4 Å². The lowest BCUT2D eigenvalue weighted by Gasteiger charge is -2.28.